The van der Waals surface area contributed by atoms with Crippen molar-refractivity contribution in [2.24, 2.45) is 4.99 Å². The first kappa shape index (κ1) is 19.0. The lowest BCUT2D eigenvalue weighted by Crippen LogP contribution is -2.38. The van der Waals surface area contributed by atoms with Gasteiger partial charge in [-0.3, -0.25) is 4.99 Å². The van der Waals surface area contributed by atoms with Gasteiger partial charge in [-0.1, -0.05) is 36.4 Å². The predicted molar refractivity (Wildman–Crippen MR) is 108 cm³/mol. The molecule has 0 aliphatic heterocycles. The number of hydrogen-bond acceptors (Lipinski definition) is 2. The maximum Gasteiger partial charge on any atom is 0.191 e. The van der Waals surface area contributed by atoms with Crippen molar-refractivity contribution in [2.75, 3.05) is 19.6 Å². The molecule has 1 heterocycles. The van der Waals surface area contributed by atoms with E-state index in [0.29, 0.717) is 0 Å². The van der Waals surface area contributed by atoms with Crippen molar-refractivity contribution >= 4 is 41.3 Å². The molecule has 5 heteroatoms. The lowest BCUT2D eigenvalue weighted by atomic mass is 10.1. The SMILES string of the molecule is CCNC(=NCCc1cccs1)NCCc1ccccc1.I. The largest absolute Gasteiger partial charge is 0.357 e. The Hall–Kier alpha value is -1.08. The molecule has 0 amide bonds. The lowest BCUT2D eigenvalue weighted by Gasteiger charge is -2.11. The number of aliphatic imine (C=N–C) groups is 1. The molecule has 3 nitrogen and oxygen atoms in total. The van der Waals surface area contributed by atoms with Gasteiger partial charge in [-0.25, -0.2) is 0 Å². The Morgan fingerprint density at radius 3 is 2.55 bits per heavy atom. The Morgan fingerprint density at radius 1 is 1.05 bits per heavy atom. The highest BCUT2D eigenvalue weighted by Gasteiger charge is 1.98. The fourth-order valence-corrected chi connectivity index (χ4v) is 2.74. The highest BCUT2D eigenvalue weighted by molar-refractivity contribution is 14.0. The van der Waals surface area contributed by atoms with Crippen LogP contribution in [0.15, 0.2) is 52.8 Å². The molecule has 2 N–H and O–H groups in total. The number of rotatable bonds is 7. The number of benzene rings is 1. The number of nitrogens with zero attached hydrogens (tertiary/aromatic N) is 1. The van der Waals surface area contributed by atoms with E-state index in [9.17, 15) is 0 Å². The molecule has 0 unspecified atom stereocenters. The second kappa shape index (κ2) is 11.5. The average Bonchev–Trinajstić information content (AvgIpc) is 3.02. The maximum absolute atomic E-state index is 4.62. The lowest BCUT2D eigenvalue weighted by molar-refractivity contribution is 0.798. The molecule has 0 aliphatic rings. The molecule has 2 rings (SSSR count). The molecular formula is C17H24IN3S. The molecule has 0 saturated carbocycles. The van der Waals surface area contributed by atoms with Crippen molar-refractivity contribution in [3.05, 3.63) is 58.3 Å². The van der Waals surface area contributed by atoms with E-state index in [4.69, 9.17) is 0 Å². The summed E-state index contributed by atoms with van der Waals surface area (Å²) < 4.78 is 0. The third-order valence-corrected chi connectivity index (χ3v) is 4.04. The highest BCUT2D eigenvalue weighted by Crippen LogP contribution is 2.08. The Bertz CT molecular complexity index is 526. The van der Waals surface area contributed by atoms with E-state index < -0.39 is 0 Å². The summed E-state index contributed by atoms with van der Waals surface area (Å²) in [6.07, 6.45) is 2.02. The van der Waals surface area contributed by atoms with Crippen molar-refractivity contribution in [1.29, 1.82) is 0 Å². The number of hydrogen-bond donors (Lipinski definition) is 2. The Balaban J connectivity index is 0.00000242. The molecule has 0 saturated heterocycles. The Morgan fingerprint density at radius 2 is 1.86 bits per heavy atom. The van der Waals surface area contributed by atoms with Crippen molar-refractivity contribution in [3.8, 4) is 0 Å². The first-order valence-electron chi connectivity index (χ1n) is 7.47. The normalized spacial score (nSPS) is 10.9. The van der Waals surface area contributed by atoms with Crippen LogP contribution in [0.5, 0.6) is 0 Å². The van der Waals surface area contributed by atoms with Crippen LogP contribution in [0.1, 0.15) is 17.4 Å². The molecular weight excluding hydrogens is 405 g/mol. The minimum atomic E-state index is 0. The van der Waals surface area contributed by atoms with Crippen LogP contribution in [0.25, 0.3) is 0 Å². The average molecular weight is 429 g/mol. The standard InChI is InChI=1S/C17H23N3S.HI/c1-2-18-17(20-13-11-16-9-6-14-21-16)19-12-10-15-7-4-3-5-8-15;/h3-9,14H,2,10-13H2,1H3,(H2,18,19,20);1H. The molecule has 22 heavy (non-hydrogen) atoms. The van der Waals surface area contributed by atoms with Gasteiger partial charge in [0, 0.05) is 30.9 Å². The van der Waals surface area contributed by atoms with E-state index in [1.165, 1.54) is 10.4 Å². The minimum absolute atomic E-state index is 0. The molecule has 0 spiro atoms. The second-order valence-electron chi connectivity index (χ2n) is 4.75. The number of guanidine groups is 1. The zero-order valence-corrected chi connectivity index (χ0v) is 16.1. The summed E-state index contributed by atoms with van der Waals surface area (Å²) in [5.41, 5.74) is 1.35. The number of thiophene rings is 1. The van der Waals surface area contributed by atoms with Crippen LogP contribution in [0.2, 0.25) is 0 Å². The van der Waals surface area contributed by atoms with Gasteiger partial charge in [-0.05, 0) is 30.4 Å². The van der Waals surface area contributed by atoms with Crippen LogP contribution < -0.4 is 10.6 Å². The van der Waals surface area contributed by atoms with Crippen LogP contribution in [0.4, 0.5) is 0 Å². The fraction of sp³-hybridized carbons (Fsp3) is 0.353. The maximum atomic E-state index is 4.62. The monoisotopic (exact) mass is 429 g/mol. The van der Waals surface area contributed by atoms with Gasteiger partial charge < -0.3 is 10.6 Å². The molecule has 1 aromatic carbocycles. The van der Waals surface area contributed by atoms with E-state index in [2.05, 4.69) is 64.3 Å². The third kappa shape index (κ3) is 7.26. The van der Waals surface area contributed by atoms with Gasteiger partial charge in [-0.2, -0.15) is 0 Å². The van der Waals surface area contributed by atoms with Crippen molar-refractivity contribution in [2.45, 2.75) is 19.8 Å². The summed E-state index contributed by atoms with van der Waals surface area (Å²) in [4.78, 5) is 6.01. The molecule has 0 bridgehead atoms. The number of halogens is 1. The zero-order chi connectivity index (χ0) is 14.8. The molecule has 120 valence electrons. The van der Waals surface area contributed by atoms with E-state index in [1.807, 2.05) is 6.07 Å². The second-order valence-corrected chi connectivity index (χ2v) is 5.78. The van der Waals surface area contributed by atoms with Gasteiger partial charge in [0.15, 0.2) is 5.96 Å². The van der Waals surface area contributed by atoms with Crippen molar-refractivity contribution in [3.63, 3.8) is 0 Å². The van der Waals surface area contributed by atoms with Crippen LogP contribution in [-0.2, 0) is 12.8 Å². The van der Waals surface area contributed by atoms with Crippen molar-refractivity contribution < 1.29 is 0 Å². The molecule has 0 atom stereocenters. The molecule has 0 fully saturated rings. The van der Waals surface area contributed by atoms with Crippen LogP contribution in [-0.4, -0.2) is 25.6 Å². The molecule has 1 aromatic heterocycles. The summed E-state index contributed by atoms with van der Waals surface area (Å²) >= 11 is 1.79. The first-order valence-corrected chi connectivity index (χ1v) is 8.35. The predicted octanol–water partition coefficient (Wildman–Crippen LogP) is 3.71. The summed E-state index contributed by atoms with van der Waals surface area (Å²) in [7, 11) is 0. The summed E-state index contributed by atoms with van der Waals surface area (Å²) in [5, 5.41) is 8.80. The summed E-state index contributed by atoms with van der Waals surface area (Å²) in [6, 6.07) is 14.8. The molecule has 0 aliphatic carbocycles. The van der Waals surface area contributed by atoms with Gasteiger partial charge >= 0.3 is 0 Å². The topological polar surface area (TPSA) is 36.4 Å². The Labute approximate surface area is 154 Å². The quantitative estimate of drug-likeness (QED) is 0.400. The third-order valence-electron chi connectivity index (χ3n) is 3.10. The molecule has 0 radical (unpaired) electrons. The van der Waals surface area contributed by atoms with Crippen LogP contribution in [0, 0.1) is 0 Å². The van der Waals surface area contributed by atoms with E-state index in [0.717, 1.165) is 38.4 Å². The van der Waals surface area contributed by atoms with E-state index in [-0.39, 0.29) is 24.0 Å². The van der Waals surface area contributed by atoms with Crippen molar-refractivity contribution in [1.82, 2.24) is 10.6 Å². The zero-order valence-electron chi connectivity index (χ0n) is 12.9. The fourth-order valence-electron chi connectivity index (χ4n) is 2.04. The van der Waals surface area contributed by atoms with Gasteiger partial charge in [0.1, 0.15) is 0 Å². The van der Waals surface area contributed by atoms with Crippen LogP contribution in [0.3, 0.4) is 0 Å². The summed E-state index contributed by atoms with van der Waals surface area (Å²) in [5.74, 6) is 0.907. The number of nitrogens with one attached hydrogen (secondary N) is 2. The summed E-state index contributed by atoms with van der Waals surface area (Å²) in [6.45, 7) is 4.69. The molecule has 2 aromatic rings. The van der Waals surface area contributed by atoms with Gasteiger partial charge in [0.05, 0.1) is 0 Å². The Kier molecular flexibility index (Phi) is 9.90. The van der Waals surface area contributed by atoms with E-state index >= 15 is 0 Å². The van der Waals surface area contributed by atoms with Gasteiger partial charge in [0.2, 0.25) is 0 Å². The van der Waals surface area contributed by atoms with Gasteiger partial charge in [0.25, 0.3) is 0 Å². The minimum Gasteiger partial charge on any atom is -0.357 e. The smallest absolute Gasteiger partial charge is 0.191 e. The first-order chi connectivity index (χ1) is 10.4. The van der Waals surface area contributed by atoms with Crippen LogP contribution >= 0.6 is 35.3 Å². The van der Waals surface area contributed by atoms with Gasteiger partial charge in [-0.15, -0.1) is 35.3 Å². The van der Waals surface area contributed by atoms with E-state index in [1.54, 1.807) is 11.3 Å². The highest BCUT2D eigenvalue weighted by atomic mass is 127.